The molecule has 8 heteroatoms. The van der Waals surface area contributed by atoms with Crippen molar-refractivity contribution in [2.75, 3.05) is 30.4 Å². The molecular formula is C14H22N4O3S. The molecule has 0 aliphatic carbocycles. The summed E-state index contributed by atoms with van der Waals surface area (Å²) >= 11 is 0. The van der Waals surface area contributed by atoms with Crippen LogP contribution in [-0.4, -0.2) is 60.3 Å². The third-order valence-corrected chi connectivity index (χ3v) is 5.40. The lowest BCUT2D eigenvalue weighted by Crippen LogP contribution is -2.38. The highest BCUT2D eigenvalue weighted by atomic mass is 32.2. The number of hydrogen-bond donors (Lipinski definition) is 1. The molecule has 1 aromatic heterocycles. The van der Waals surface area contributed by atoms with Crippen LogP contribution in [0.2, 0.25) is 0 Å². The molecule has 7 nitrogen and oxygen atoms in total. The molecule has 0 spiro atoms. The number of anilines is 1. The standard InChI is InChI=1S/C14H22N4O3S/c1-10(2)7-15-13-6-12(16-9-17-13)14(19)18(3)11-4-5-22(20,21)8-11/h6,9-11H,4-5,7-8H2,1-3H3,(H,15,16,17). The third-order valence-electron chi connectivity index (χ3n) is 3.65. The minimum absolute atomic E-state index is 0.0266. The van der Waals surface area contributed by atoms with Crippen LogP contribution in [0.25, 0.3) is 0 Å². The van der Waals surface area contributed by atoms with Crippen LogP contribution >= 0.6 is 0 Å². The first-order valence-electron chi connectivity index (χ1n) is 7.32. The summed E-state index contributed by atoms with van der Waals surface area (Å²) < 4.78 is 23.1. The van der Waals surface area contributed by atoms with Crippen molar-refractivity contribution in [3.63, 3.8) is 0 Å². The smallest absolute Gasteiger partial charge is 0.272 e. The molecule has 22 heavy (non-hydrogen) atoms. The maximum Gasteiger partial charge on any atom is 0.272 e. The number of sulfone groups is 1. The zero-order valence-electron chi connectivity index (χ0n) is 13.1. The monoisotopic (exact) mass is 326 g/mol. The second-order valence-electron chi connectivity index (χ2n) is 6.04. The van der Waals surface area contributed by atoms with E-state index in [0.717, 1.165) is 6.54 Å². The van der Waals surface area contributed by atoms with Gasteiger partial charge >= 0.3 is 0 Å². The largest absolute Gasteiger partial charge is 0.370 e. The Morgan fingerprint density at radius 3 is 2.77 bits per heavy atom. The van der Waals surface area contributed by atoms with Crippen LogP contribution in [0, 0.1) is 5.92 Å². The number of carbonyl (C=O) groups is 1. The maximum absolute atomic E-state index is 12.4. The van der Waals surface area contributed by atoms with Crippen molar-refractivity contribution in [1.29, 1.82) is 0 Å². The average molecular weight is 326 g/mol. The molecule has 1 aromatic rings. The van der Waals surface area contributed by atoms with Gasteiger partial charge in [0.15, 0.2) is 9.84 Å². The summed E-state index contributed by atoms with van der Waals surface area (Å²) in [5.41, 5.74) is 0.271. The lowest BCUT2D eigenvalue weighted by atomic mass is 10.2. The van der Waals surface area contributed by atoms with E-state index in [1.807, 2.05) is 0 Å². The van der Waals surface area contributed by atoms with E-state index in [2.05, 4.69) is 29.1 Å². The Hall–Kier alpha value is -1.70. The fourth-order valence-electron chi connectivity index (χ4n) is 2.31. The van der Waals surface area contributed by atoms with Crippen LogP contribution in [0.1, 0.15) is 30.8 Å². The van der Waals surface area contributed by atoms with Gasteiger partial charge in [-0.15, -0.1) is 0 Å². The zero-order chi connectivity index (χ0) is 16.3. The van der Waals surface area contributed by atoms with E-state index in [0.29, 0.717) is 18.2 Å². The third kappa shape index (κ3) is 4.16. The van der Waals surface area contributed by atoms with Gasteiger partial charge in [0, 0.05) is 25.7 Å². The lowest BCUT2D eigenvalue weighted by Gasteiger charge is -2.23. The Morgan fingerprint density at radius 1 is 1.45 bits per heavy atom. The molecule has 1 N–H and O–H groups in total. The molecule has 0 bridgehead atoms. The van der Waals surface area contributed by atoms with Crippen molar-refractivity contribution in [1.82, 2.24) is 14.9 Å². The molecule has 1 aliphatic rings. The fraction of sp³-hybridized carbons (Fsp3) is 0.643. The highest BCUT2D eigenvalue weighted by Gasteiger charge is 2.33. The predicted octanol–water partition coefficient (Wildman–Crippen LogP) is 0.804. The number of rotatable bonds is 5. The quantitative estimate of drug-likeness (QED) is 0.860. The van der Waals surface area contributed by atoms with E-state index >= 15 is 0 Å². The first kappa shape index (κ1) is 16.7. The first-order valence-corrected chi connectivity index (χ1v) is 9.14. The molecule has 1 unspecified atom stereocenters. The van der Waals surface area contributed by atoms with Crippen molar-refractivity contribution < 1.29 is 13.2 Å². The first-order chi connectivity index (χ1) is 10.3. The molecule has 122 valence electrons. The molecule has 0 radical (unpaired) electrons. The second kappa shape index (κ2) is 6.60. The molecule has 1 fully saturated rings. The van der Waals surface area contributed by atoms with Crippen LogP contribution in [-0.2, 0) is 9.84 Å². The number of amides is 1. The summed E-state index contributed by atoms with van der Waals surface area (Å²) in [7, 11) is -1.40. The molecule has 0 saturated carbocycles. The maximum atomic E-state index is 12.4. The van der Waals surface area contributed by atoms with Gasteiger partial charge in [0.25, 0.3) is 5.91 Å². The number of nitrogens with one attached hydrogen (secondary N) is 1. The highest BCUT2D eigenvalue weighted by molar-refractivity contribution is 7.91. The fourth-order valence-corrected chi connectivity index (χ4v) is 4.08. The van der Waals surface area contributed by atoms with Gasteiger partial charge in [-0.2, -0.15) is 0 Å². The topological polar surface area (TPSA) is 92.3 Å². The van der Waals surface area contributed by atoms with Gasteiger partial charge in [-0.05, 0) is 12.3 Å². The van der Waals surface area contributed by atoms with Crippen molar-refractivity contribution in [3.8, 4) is 0 Å². The Labute approximate surface area is 131 Å². The van der Waals surface area contributed by atoms with Gasteiger partial charge < -0.3 is 10.2 Å². The minimum Gasteiger partial charge on any atom is -0.370 e. The number of aromatic nitrogens is 2. The normalized spacial score (nSPS) is 20.1. The molecule has 2 rings (SSSR count). The summed E-state index contributed by atoms with van der Waals surface area (Å²) in [5.74, 6) is 0.941. The molecule has 0 aromatic carbocycles. The predicted molar refractivity (Wildman–Crippen MR) is 84.5 cm³/mol. The molecule has 1 atom stereocenters. The number of nitrogens with zero attached hydrogens (tertiary/aromatic N) is 3. The number of hydrogen-bond acceptors (Lipinski definition) is 6. The summed E-state index contributed by atoms with van der Waals surface area (Å²) in [4.78, 5) is 22.0. The molecule has 1 saturated heterocycles. The zero-order valence-corrected chi connectivity index (χ0v) is 13.9. The van der Waals surface area contributed by atoms with Crippen molar-refractivity contribution >= 4 is 21.6 Å². The van der Waals surface area contributed by atoms with Crippen molar-refractivity contribution in [3.05, 3.63) is 18.1 Å². The minimum atomic E-state index is -3.02. The Bertz CT molecular complexity index is 645. The van der Waals surface area contributed by atoms with Crippen LogP contribution in [0.15, 0.2) is 12.4 Å². The second-order valence-corrected chi connectivity index (χ2v) is 8.26. The lowest BCUT2D eigenvalue weighted by molar-refractivity contribution is 0.0741. The van der Waals surface area contributed by atoms with Crippen LogP contribution in [0.3, 0.4) is 0 Å². The van der Waals surface area contributed by atoms with E-state index in [1.54, 1.807) is 13.1 Å². The van der Waals surface area contributed by atoms with E-state index in [-0.39, 0.29) is 29.1 Å². The van der Waals surface area contributed by atoms with Gasteiger partial charge in [0.1, 0.15) is 17.8 Å². The van der Waals surface area contributed by atoms with Gasteiger partial charge in [-0.25, -0.2) is 18.4 Å². The molecule has 1 aliphatic heterocycles. The van der Waals surface area contributed by atoms with Crippen LogP contribution in [0.5, 0.6) is 0 Å². The Morgan fingerprint density at radius 2 is 2.18 bits per heavy atom. The Kier molecular flexibility index (Phi) is 5.00. The molecule has 2 heterocycles. The van der Waals surface area contributed by atoms with E-state index in [1.165, 1.54) is 11.2 Å². The summed E-state index contributed by atoms with van der Waals surface area (Å²) in [6.07, 6.45) is 1.82. The van der Waals surface area contributed by atoms with Crippen LogP contribution in [0.4, 0.5) is 5.82 Å². The summed E-state index contributed by atoms with van der Waals surface area (Å²) in [6, 6.07) is 1.32. The van der Waals surface area contributed by atoms with Gasteiger partial charge in [-0.3, -0.25) is 4.79 Å². The molecular weight excluding hydrogens is 304 g/mol. The van der Waals surface area contributed by atoms with E-state index in [4.69, 9.17) is 0 Å². The SMILES string of the molecule is CC(C)CNc1cc(C(=O)N(C)C2CCS(=O)(=O)C2)ncn1. The Balaban J connectivity index is 2.07. The summed E-state index contributed by atoms with van der Waals surface area (Å²) in [5, 5.41) is 3.14. The highest BCUT2D eigenvalue weighted by Crippen LogP contribution is 2.18. The van der Waals surface area contributed by atoms with Crippen molar-refractivity contribution in [2.24, 2.45) is 5.92 Å². The number of carbonyl (C=O) groups excluding carboxylic acids is 1. The van der Waals surface area contributed by atoms with Gasteiger partial charge in [0.05, 0.1) is 11.5 Å². The van der Waals surface area contributed by atoms with Crippen LogP contribution < -0.4 is 5.32 Å². The van der Waals surface area contributed by atoms with Gasteiger partial charge in [-0.1, -0.05) is 13.8 Å². The summed E-state index contributed by atoms with van der Waals surface area (Å²) in [6.45, 7) is 4.91. The van der Waals surface area contributed by atoms with Gasteiger partial charge in [0.2, 0.25) is 0 Å². The average Bonchev–Trinajstić information content (AvgIpc) is 2.84. The van der Waals surface area contributed by atoms with E-state index in [9.17, 15) is 13.2 Å². The molecule has 1 amide bonds. The van der Waals surface area contributed by atoms with E-state index < -0.39 is 9.84 Å². The van der Waals surface area contributed by atoms with Crippen molar-refractivity contribution in [2.45, 2.75) is 26.3 Å².